The molecule has 1 saturated heterocycles. The SMILES string of the molecule is CC(CCN1CCCCC1)[C@](N)(C(=O)O)C(=O)OC(C)(C)C. The zero-order chi connectivity index (χ0) is 17.0. The fraction of sp³-hybridized carbons (Fsp3) is 0.875. The Hall–Kier alpha value is -1.14. The van der Waals surface area contributed by atoms with Gasteiger partial charge in [0.05, 0.1) is 0 Å². The molecule has 0 aromatic rings. The molecule has 6 nitrogen and oxygen atoms in total. The molecule has 0 aromatic heterocycles. The largest absolute Gasteiger partial charge is 0.479 e. The number of carbonyl (C=O) groups excluding carboxylic acids is 1. The van der Waals surface area contributed by atoms with Gasteiger partial charge in [-0.1, -0.05) is 13.3 Å². The van der Waals surface area contributed by atoms with Crippen LogP contribution in [0.2, 0.25) is 0 Å². The minimum absolute atomic E-state index is 0.498. The van der Waals surface area contributed by atoms with Crippen LogP contribution >= 0.6 is 0 Å². The third-order valence-electron chi connectivity index (χ3n) is 4.19. The third kappa shape index (κ3) is 4.95. The van der Waals surface area contributed by atoms with Crippen molar-refractivity contribution in [2.24, 2.45) is 11.7 Å². The van der Waals surface area contributed by atoms with Gasteiger partial charge in [-0.05, 0) is 65.6 Å². The van der Waals surface area contributed by atoms with Crippen LogP contribution in [0.4, 0.5) is 0 Å². The van der Waals surface area contributed by atoms with Crippen molar-refractivity contribution in [1.82, 2.24) is 4.90 Å². The molecular formula is C16H30N2O4. The van der Waals surface area contributed by atoms with E-state index in [1.165, 1.54) is 19.3 Å². The molecular weight excluding hydrogens is 284 g/mol. The molecule has 3 N–H and O–H groups in total. The van der Waals surface area contributed by atoms with Crippen LogP contribution in [-0.2, 0) is 14.3 Å². The van der Waals surface area contributed by atoms with Crippen molar-refractivity contribution >= 4 is 11.9 Å². The number of piperidine rings is 1. The van der Waals surface area contributed by atoms with Gasteiger partial charge in [-0.2, -0.15) is 0 Å². The molecule has 1 rings (SSSR count). The number of ether oxygens (including phenoxy) is 1. The number of aliphatic carboxylic acids is 1. The van der Waals surface area contributed by atoms with Crippen molar-refractivity contribution in [3.63, 3.8) is 0 Å². The summed E-state index contributed by atoms with van der Waals surface area (Å²) in [5.41, 5.74) is 3.20. The molecule has 6 heteroatoms. The number of likely N-dealkylation sites (tertiary alicyclic amines) is 1. The van der Waals surface area contributed by atoms with Crippen molar-refractivity contribution in [3.05, 3.63) is 0 Å². The molecule has 1 fully saturated rings. The van der Waals surface area contributed by atoms with Gasteiger partial charge in [0.15, 0.2) is 0 Å². The summed E-state index contributed by atoms with van der Waals surface area (Å²) in [6, 6.07) is 0. The van der Waals surface area contributed by atoms with Gasteiger partial charge in [0.1, 0.15) is 5.60 Å². The van der Waals surface area contributed by atoms with Crippen LogP contribution in [-0.4, -0.2) is 52.7 Å². The lowest BCUT2D eigenvalue weighted by Gasteiger charge is -2.34. The van der Waals surface area contributed by atoms with E-state index < -0.39 is 29.0 Å². The Labute approximate surface area is 133 Å². The van der Waals surface area contributed by atoms with Crippen LogP contribution < -0.4 is 5.73 Å². The van der Waals surface area contributed by atoms with Crippen LogP contribution in [0.25, 0.3) is 0 Å². The van der Waals surface area contributed by atoms with E-state index in [9.17, 15) is 14.7 Å². The van der Waals surface area contributed by atoms with E-state index >= 15 is 0 Å². The Morgan fingerprint density at radius 1 is 1.23 bits per heavy atom. The zero-order valence-electron chi connectivity index (χ0n) is 14.2. The van der Waals surface area contributed by atoms with Gasteiger partial charge in [-0.15, -0.1) is 0 Å². The molecule has 22 heavy (non-hydrogen) atoms. The van der Waals surface area contributed by atoms with Crippen molar-refractivity contribution in [2.45, 2.75) is 64.5 Å². The minimum Gasteiger partial charge on any atom is -0.479 e. The van der Waals surface area contributed by atoms with Gasteiger partial charge in [-0.25, -0.2) is 9.59 Å². The molecule has 128 valence electrons. The molecule has 1 heterocycles. The van der Waals surface area contributed by atoms with Gasteiger partial charge in [0, 0.05) is 0 Å². The van der Waals surface area contributed by atoms with Crippen LogP contribution in [0.15, 0.2) is 0 Å². The van der Waals surface area contributed by atoms with Gasteiger partial charge in [0.25, 0.3) is 0 Å². The van der Waals surface area contributed by atoms with Crippen LogP contribution in [0.3, 0.4) is 0 Å². The van der Waals surface area contributed by atoms with Gasteiger partial charge in [0.2, 0.25) is 5.54 Å². The first-order valence-electron chi connectivity index (χ1n) is 8.05. The molecule has 0 bridgehead atoms. The number of rotatable bonds is 6. The number of nitrogens with two attached hydrogens (primary N) is 1. The Balaban J connectivity index is 2.70. The first-order valence-corrected chi connectivity index (χ1v) is 8.05. The molecule has 1 unspecified atom stereocenters. The number of carboxylic acid groups (broad SMARTS) is 1. The third-order valence-corrected chi connectivity index (χ3v) is 4.19. The molecule has 0 aromatic carbocycles. The minimum atomic E-state index is -2.00. The highest BCUT2D eigenvalue weighted by Crippen LogP contribution is 2.24. The highest BCUT2D eigenvalue weighted by molar-refractivity contribution is 6.04. The van der Waals surface area contributed by atoms with Crippen LogP contribution in [0, 0.1) is 5.92 Å². The monoisotopic (exact) mass is 314 g/mol. The smallest absolute Gasteiger partial charge is 0.338 e. The zero-order valence-corrected chi connectivity index (χ0v) is 14.2. The first kappa shape index (κ1) is 18.9. The molecule has 0 radical (unpaired) electrons. The number of hydrogen-bond acceptors (Lipinski definition) is 5. The van der Waals surface area contributed by atoms with Crippen molar-refractivity contribution in [1.29, 1.82) is 0 Å². The van der Waals surface area contributed by atoms with Gasteiger partial charge in [-0.3, -0.25) is 0 Å². The predicted molar refractivity (Wildman–Crippen MR) is 84.5 cm³/mol. The summed E-state index contributed by atoms with van der Waals surface area (Å²) >= 11 is 0. The summed E-state index contributed by atoms with van der Waals surface area (Å²) in [7, 11) is 0. The number of carboxylic acids is 1. The summed E-state index contributed by atoms with van der Waals surface area (Å²) in [5.74, 6) is -2.69. The summed E-state index contributed by atoms with van der Waals surface area (Å²) in [4.78, 5) is 26.2. The quantitative estimate of drug-likeness (QED) is 0.572. The normalized spacial score (nSPS) is 21.0. The average Bonchev–Trinajstić information content (AvgIpc) is 2.42. The second-order valence-corrected chi connectivity index (χ2v) is 7.27. The second-order valence-electron chi connectivity index (χ2n) is 7.27. The van der Waals surface area contributed by atoms with E-state index in [-0.39, 0.29) is 0 Å². The number of hydrogen-bond donors (Lipinski definition) is 2. The topological polar surface area (TPSA) is 92.9 Å². The Morgan fingerprint density at radius 2 is 1.77 bits per heavy atom. The summed E-state index contributed by atoms with van der Waals surface area (Å²) in [6.07, 6.45) is 4.16. The van der Waals surface area contributed by atoms with Crippen molar-refractivity contribution in [2.75, 3.05) is 19.6 Å². The maximum Gasteiger partial charge on any atom is 0.338 e. The Bertz CT molecular complexity index is 399. The van der Waals surface area contributed by atoms with E-state index in [4.69, 9.17) is 10.5 Å². The van der Waals surface area contributed by atoms with Gasteiger partial charge >= 0.3 is 11.9 Å². The van der Waals surface area contributed by atoms with Gasteiger partial charge < -0.3 is 20.5 Å². The molecule has 0 amide bonds. The number of carbonyl (C=O) groups is 2. The van der Waals surface area contributed by atoms with E-state index in [1.807, 2.05) is 0 Å². The number of nitrogens with zero attached hydrogens (tertiary/aromatic N) is 1. The van der Waals surface area contributed by atoms with Crippen LogP contribution in [0.5, 0.6) is 0 Å². The standard InChI is InChI=1S/C16H30N2O4/c1-12(8-11-18-9-6-5-7-10-18)16(17,13(19)20)14(21)22-15(2,3)4/h12H,5-11,17H2,1-4H3,(H,19,20)/t12?,16-/m0/s1. The maximum atomic E-state index is 12.3. The average molecular weight is 314 g/mol. The molecule has 1 aliphatic heterocycles. The van der Waals surface area contributed by atoms with E-state index in [0.717, 1.165) is 19.6 Å². The predicted octanol–water partition coefficient (Wildman–Crippen LogP) is 1.62. The highest BCUT2D eigenvalue weighted by Gasteiger charge is 2.49. The first-order chi connectivity index (χ1) is 10.1. The van der Waals surface area contributed by atoms with E-state index in [1.54, 1.807) is 27.7 Å². The van der Waals surface area contributed by atoms with Crippen molar-refractivity contribution in [3.8, 4) is 0 Å². The number of esters is 1. The lowest BCUT2D eigenvalue weighted by atomic mass is 9.83. The van der Waals surface area contributed by atoms with E-state index in [0.29, 0.717) is 6.42 Å². The van der Waals surface area contributed by atoms with E-state index in [2.05, 4.69) is 4.90 Å². The molecule has 0 saturated carbocycles. The summed E-state index contributed by atoms with van der Waals surface area (Å²) in [5, 5.41) is 9.47. The molecule has 2 atom stereocenters. The lowest BCUT2D eigenvalue weighted by Crippen LogP contribution is -2.61. The van der Waals surface area contributed by atoms with Crippen LogP contribution in [0.1, 0.15) is 53.4 Å². The Kier molecular flexibility index (Phi) is 6.38. The molecule has 0 aliphatic carbocycles. The lowest BCUT2D eigenvalue weighted by molar-refractivity contribution is -0.172. The maximum absolute atomic E-state index is 12.3. The summed E-state index contributed by atoms with van der Waals surface area (Å²) < 4.78 is 5.22. The Morgan fingerprint density at radius 3 is 2.23 bits per heavy atom. The highest BCUT2D eigenvalue weighted by atomic mass is 16.6. The fourth-order valence-corrected chi connectivity index (χ4v) is 2.65. The summed E-state index contributed by atoms with van der Waals surface area (Å²) in [6.45, 7) is 9.63. The second kappa shape index (κ2) is 7.42. The van der Waals surface area contributed by atoms with Crippen molar-refractivity contribution < 1.29 is 19.4 Å². The molecule has 0 spiro atoms. The fourth-order valence-electron chi connectivity index (χ4n) is 2.65. The molecule has 1 aliphatic rings.